The van der Waals surface area contributed by atoms with E-state index in [1.54, 1.807) is 24.3 Å². The first-order valence-electron chi connectivity index (χ1n) is 6.44. The van der Waals surface area contributed by atoms with Crippen molar-refractivity contribution in [2.24, 2.45) is 0 Å². The lowest BCUT2D eigenvalue weighted by Crippen LogP contribution is -2.13. The summed E-state index contributed by atoms with van der Waals surface area (Å²) in [5.41, 5.74) is 0.578. The van der Waals surface area contributed by atoms with Crippen molar-refractivity contribution in [1.82, 2.24) is 0 Å². The first-order valence-corrected chi connectivity index (χ1v) is 6.44. The molecule has 0 aromatic heterocycles. The number of anilines is 1. The van der Waals surface area contributed by atoms with Gasteiger partial charge in [0.05, 0.1) is 0 Å². The van der Waals surface area contributed by atoms with Crippen LogP contribution in [0.1, 0.15) is 19.8 Å². The van der Waals surface area contributed by atoms with Crippen molar-refractivity contribution in [1.29, 1.82) is 0 Å². The van der Waals surface area contributed by atoms with E-state index in [0.29, 0.717) is 37.5 Å². The maximum Gasteiger partial charge on any atom is 0.341 e. The van der Waals surface area contributed by atoms with Crippen molar-refractivity contribution in [2.45, 2.75) is 19.8 Å². The number of amides is 1. The van der Waals surface area contributed by atoms with Crippen molar-refractivity contribution in [2.75, 3.05) is 25.1 Å². The Kier molecular flexibility index (Phi) is 7.13. The molecule has 0 fully saturated rings. The topological polar surface area (TPSA) is 84.9 Å². The molecular formula is C14H19NO5. The van der Waals surface area contributed by atoms with E-state index in [1.165, 1.54) is 0 Å². The van der Waals surface area contributed by atoms with Crippen LogP contribution in [-0.2, 0) is 14.3 Å². The predicted molar refractivity (Wildman–Crippen MR) is 73.9 cm³/mol. The highest BCUT2D eigenvalue weighted by atomic mass is 16.5. The van der Waals surface area contributed by atoms with E-state index in [2.05, 4.69) is 5.32 Å². The van der Waals surface area contributed by atoms with Gasteiger partial charge in [-0.25, -0.2) is 4.79 Å². The molecule has 0 spiro atoms. The predicted octanol–water partition coefficient (Wildman–Crippen LogP) is 1.91. The van der Waals surface area contributed by atoms with Gasteiger partial charge in [-0.15, -0.1) is 0 Å². The Bertz CT molecular complexity index is 447. The monoisotopic (exact) mass is 281 g/mol. The Morgan fingerprint density at radius 3 is 2.85 bits per heavy atom. The number of nitrogens with one attached hydrogen (secondary N) is 1. The Morgan fingerprint density at radius 1 is 1.35 bits per heavy atom. The molecule has 6 nitrogen and oxygen atoms in total. The third-order valence-corrected chi connectivity index (χ3v) is 2.38. The van der Waals surface area contributed by atoms with Crippen LogP contribution in [0.4, 0.5) is 5.69 Å². The number of hydrogen-bond donors (Lipinski definition) is 2. The summed E-state index contributed by atoms with van der Waals surface area (Å²) in [7, 11) is 0. The van der Waals surface area contributed by atoms with Crippen molar-refractivity contribution >= 4 is 17.6 Å². The fourth-order valence-electron chi connectivity index (χ4n) is 1.51. The number of hydrogen-bond acceptors (Lipinski definition) is 4. The van der Waals surface area contributed by atoms with Gasteiger partial charge in [-0.05, 0) is 25.5 Å². The van der Waals surface area contributed by atoms with Crippen LogP contribution in [0.15, 0.2) is 24.3 Å². The number of carbonyl (C=O) groups excluding carboxylic acids is 1. The summed E-state index contributed by atoms with van der Waals surface area (Å²) in [6.45, 7) is 2.70. The normalized spacial score (nSPS) is 10.1. The second-order valence-corrected chi connectivity index (χ2v) is 4.06. The van der Waals surface area contributed by atoms with Gasteiger partial charge in [0.15, 0.2) is 6.61 Å². The van der Waals surface area contributed by atoms with E-state index in [9.17, 15) is 9.59 Å². The number of benzene rings is 1. The lowest BCUT2D eigenvalue weighted by atomic mass is 10.2. The Labute approximate surface area is 117 Å². The van der Waals surface area contributed by atoms with Gasteiger partial charge in [0, 0.05) is 31.4 Å². The van der Waals surface area contributed by atoms with Gasteiger partial charge in [-0.3, -0.25) is 4.79 Å². The zero-order valence-electron chi connectivity index (χ0n) is 11.4. The van der Waals surface area contributed by atoms with Crippen LogP contribution in [0, 0.1) is 0 Å². The van der Waals surface area contributed by atoms with Crippen LogP contribution in [-0.4, -0.2) is 36.8 Å². The van der Waals surface area contributed by atoms with Crippen LogP contribution in [0.3, 0.4) is 0 Å². The average Bonchev–Trinajstić information content (AvgIpc) is 2.42. The first kappa shape index (κ1) is 16.0. The maximum absolute atomic E-state index is 11.7. The largest absolute Gasteiger partial charge is 0.482 e. The molecule has 20 heavy (non-hydrogen) atoms. The summed E-state index contributed by atoms with van der Waals surface area (Å²) in [6, 6.07) is 6.62. The van der Waals surface area contributed by atoms with Crippen LogP contribution in [0.5, 0.6) is 5.75 Å². The Balaban J connectivity index is 2.40. The van der Waals surface area contributed by atoms with Crippen molar-refractivity contribution in [3.05, 3.63) is 24.3 Å². The molecule has 1 amide bonds. The molecule has 0 atom stereocenters. The van der Waals surface area contributed by atoms with Crippen LogP contribution >= 0.6 is 0 Å². The van der Waals surface area contributed by atoms with Gasteiger partial charge in [0.1, 0.15) is 5.75 Å². The minimum atomic E-state index is -1.05. The highest BCUT2D eigenvalue weighted by Crippen LogP contribution is 2.17. The molecule has 0 aliphatic carbocycles. The molecule has 0 bridgehead atoms. The van der Waals surface area contributed by atoms with Gasteiger partial charge >= 0.3 is 5.97 Å². The molecule has 0 aliphatic rings. The number of carboxylic acids is 1. The standard InChI is InChI=1S/C14H19NO5/c1-2-19-8-4-7-13(16)15-11-5-3-6-12(9-11)20-10-14(17)18/h3,5-6,9H,2,4,7-8,10H2,1H3,(H,15,16)(H,17,18). The molecule has 0 aliphatic heterocycles. The van der Waals surface area contributed by atoms with E-state index >= 15 is 0 Å². The smallest absolute Gasteiger partial charge is 0.341 e. The molecular weight excluding hydrogens is 262 g/mol. The first-order chi connectivity index (χ1) is 9.61. The number of aliphatic carboxylic acids is 1. The second-order valence-electron chi connectivity index (χ2n) is 4.06. The van der Waals surface area contributed by atoms with Crippen molar-refractivity contribution < 1.29 is 24.2 Å². The lowest BCUT2D eigenvalue weighted by molar-refractivity contribution is -0.139. The highest BCUT2D eigenvalue weighted by molar-refractivity contribution is 5.90. The maximum atomic E-state index is 11.7. The molecule has 0 saturated heterocycles. The average molecular weight is 281 g/mol. The van der Waals surface area contributed by atoms with E-state index in [4.69, 9.17) is 14.6 Å². The van der Waals surface area contributed by atoms with E-state index < -0.39 is 12.6 Å². The molecule has 2 N–H and O–H groups in total. The van der Waals surface area contributed by atoms with Gasteiger partial charge in [0.25, 0.3) is 0 Å². The van der Waals surface area contributed by atoms with Gasteiger partial charge < -0.3 is 19.9 Å². The number of carbonyl (C=O) groups is 2. The van der Waals surface area contributed by atoms with Crippen molar-refractivity contribution in [3.63, 3.8) is 0 Å². The third kappa shape index (κ3) is 6.75. The molecule has 0 saturated carbocycles. The molecule has 0 unspecified atom stereocenters. The summed E-state index contributed by atoms with van der Waals surface area (Å²) >= 11 is 0. The van der Waals surface area contributed by atoms with Crippen LogP contribution in [0.2, 0.25) is 0 Å². The van der Waals surface area contributed by atoms with E-state index in [-0.39, 0.29) is 5.91 Å². The molecule has 0 radical (unpaired) electrons. The SMILES string of the molecule is CCOCCCC(=O)Nc1cccc(OCC(=O)O)c1. The minimum Gasteiger partial charge on any atom is -0.482 e. The zero-order valence-corrected chi connectivity index (χ0v) is 11.4. The molecule has 110 valence electrons. The summed E-state index contributed by atoms with van der Waals surface area (Å²) in [5, 5.41) is 11.2. The van der Waals surface area contributed by atoms with Crippen LogP contribution < -0.4 is 10.1 Å². The van der Waals surface area contributed by atoms with Gasteiger partial charge in [-0.2, -0.15) is 0 Å². The second kappa shape index (κ2) is 8.92. The third-order valence-electron chi connectivity index (χ3n) is 2.38. The molecule has 1 aromatic rings. The number of ether oxygens (including phenoxy) is 2. The fourth-order valence-corrected chi connectivity index (χ4v) is 1.51. The van der Waals surface area contributed by atoms with E-state index in [1.807, 2.05) is 6.92 Å². The van der Waals surface area contributed by atoms with E-state index in [0.717, 1.165) is 0 Å². The lowest BCUT2D eigenvalue weighted by Gasteiger charge is -2.08. The molecule has 1 rings (SSSR count). The molecule has 0 heterocycles. The number of carboxylic acid groups (broad SMARTS) is 1. The Morgan fingerprint density at radius 2 is 2.15 bits per heavy atom. The minimum absolute atomic E-state index is 0.111. The Hall–Kier alpha value is -2.08. The van der Waals surface area contributed by atoms with Crippen molar-refractivity contribution in [3.8, 4) is 5.75 Å². The summed E-state index contributed by atoms with van der Waals surface area (Å²) in [5.74, 6) is -0.755. The fraction of sp³-hybridized carbons (Fsp3) is 0.429. The van der Waals surface area contributed by atoms with Gasteiger partial charge in [0.2, 0.25) is 5.91 Å². The summed E-state index contributed by atoms with van der Waals surface area (Å²) < 4.78 is 10.2. The highest BCUT2D eigenvalue weighted by Gasteiger charge is 2.04. The zero-order chi connectivity index (χ0) is 14.8. The van der Waals surface area contributed by atoms with Crippen LogP contribution in [0.25, 0.3) is 0 Å². The van der Waals surface area contributed by atoms with Gasteiger partial charge in [-0.1, -0.05) is 6.07 Å². The quantitative estimate of drug-likeness (QED) is 0.675. The number of rotatable bonds is 9. The molecule has 1 aromatic carbocycles. The summed E-state index contributed by atoms with van der Waals surface area (Å²) in [6.07, 6.45) is 1.04. The molecule has 6 heteroatoms. The summed E-state index contributed by atoms with van der Waals surface area (Å²) in [4.78, 5) is 22.1.